The third-order valence-corrected chi connectivity index (χ3v) is 4.45. The number of aliphatic hydroxyl groups is 1. The lowest BCUT2D eigenvalue weighted by Gasteiger charge is -2.37. The van der Waals surface area contributed by atoms with Crippen LogP contribution >= 0.6 is 11.6 Å². The number of anilines is 1. The molecule has 6 heteroatoms. The summed E-state index contributed by atoms with van der Waals surface area (Å²) in [5.41, 5.74) is 7.26. The number of aliphatic hydroxyl groups excluding tert-OH is 1. The number of hydrogen-bond acceptors (Lipinski definition) is 3. The van der Waals surface area contributed by atoms with Crippen molar-refractivity contribution >= 4 is 23.2 Å². The molecule has 21 heavy (non-hydrogen) atoms. The van der Waals surface area contributed by atoms with Gasteiger partial charge in [-0.05, 0) is 37.1 Å². The van der Waals surface area contributed by atoms with E-state index in [4.69, 9.17) is 17.3 Å². The maximum absolute atomic E-state index is 9.28. The summed E-state index contributed by atoms with van der Waals surface area (Å²) in [6.45, 7) is 3.58. The number of benzene rings is 1. The van der Waals surface area contributed by atoms with E-state index in [1.807, 2.05) is 24.3 Å². The number of piperazine rings is 1. The summed E-state index contributed by atoms with van der Waals surface area (Å²) in [4.78, 5) is 8.94. The number of rotatable bonds is 2. The highest BCUT2D eigenvalue weighted by atomic mass is 35.5. The van der Waals surface area contributed by atoms with E-state index in [2.05, 4.69) is 14.8 Å². The maximum Gasteiger partial charge on any atom is 0.191 e. The zero-order chi connectivity index (χ0) is 14.8. The number of guanidine groups is 1. The quantitative estimate of drug-likeness (QED) is 0.638. The standard InChI is InChI=1S/C15H21ClN4O/c16-11-1-3-13(4-2-11)19-5-7-20(8-6-19)15(17)18-12-9-14(21)10-12/h1-4,12,14,21H,5-10H2,(H2,17,18). The van der Waals surface area contributed by atoms with E-state index in [9.17, 15) is 5.11 Å². The second kappa shape index (κ2) is 6.12. The van der Waals surface area contributed by atoms with Crippen LogP contribution in [0.5, 0.6) is 0 Å². The van der Waals surface area contributed by atoms with Gasteiger partial charge >= 0.3 is 0 Å². The van der Waals surface area contributed by atoms with Gasteiger partial charge in [-0.3, -0.25) is 0 Å². The Labute approximate surface area is 130 Å². The first-order valence-corrected chi connectivity index (χ1v) is 7.76. The van der Waals surface area contributed by atoms with Crippen molar-refractivity contribution in [1.82, 2.24) is 4.90 Å². The predicted molar refractivity (Wildman–Crippen MR) is 85.9 cm³/mol. The molecule has 3 N–H and O–H groups in total. The molecule has 1 saturated heterocycles. The molecule has 1 aliphatic heterocycles. The number of aliphatic imine (C=N–C) groups is 1. The predicted octanol–water partition coefficient (Wildman–Crippen LogP) is 1.30. The molecule has 5 nitrogen and oxygen atoms in total. The van der Waals surface area contributed by atoms with Crippen molar-refractivity contribution in [2.45, 2.75) is 25.0 Å². The minimum atomic E-state index is -0.187. The van der Waals surface area contributed by atoms with Gasteiger partial charge in [0.05, 0.1) is 12.1 Å². The van der Waals surface area contributed by atoms with Crippen molar-refractivity contribution in [3.05, 3.63) is 29.3 Å². The number of hydrogen-bond donors (Lipinski definition) is 2. The van der Waals surface area contributed by atoms with Gasteiger partial charge in [0, 0.05) is 36.9 Å². The maximum atomic E-state index is 9.28. The fourth-order valence-electron chi connectivity index (χ4n) is 2.78. The Morgan fingerprint density at radius 2 is 1.76 bits per heavy atom. The minimum absolute atomic E-state index is 0.187. The van der Waals surface area contributed by atoms with E-state index in [1.165, 1.54) is 5.69 Å². The van der Waals surface area contributed by atoms with Crippen LogP contribution in [0.4, 0.5) is 5.69 Å². The van der Waals surface area contributed by atoms with Crippen LogP contribution in [-0.2, 0) is 0 Å². The van der Waals surface area contributed by atoms with Gasteiger partial charge in [-0.2, -0.15) is 0 Å². The Kier molecular flexibility index (Phi) is 4.22. The third kappa shape index (κ3) is 3.41. The molecule has 1 aromatic carbocycles. The van der Waals surface area contributed by atoms with Gasteiger partial charge in [0.2, 0.25) is 0 Å². The average Bonchev–Trinajstić information content (AvgIpc) is 2.46. The van der Waals surface area contributed by atoms with E-state index in [0.29, 0.717) is 5.96 Å². The Morgan fingerprint density at radius 3 is 2.33 bits per heavy atom. The third-order valence-electron chi connectivity index (χ3n) is 4.20. The lowest BCUT2D eigenvalue weighted by molar-refractivity contribution is 0.0773. The van der Waals surface area contributed by atoms with E-state index in [0.717, 1.165) is 44.0 Å². The van der Waals surface area contributed by atoms with Gasteiger partial charge in [0.15, 0.2) is 5.96 Å². The second-order valence-electron chi connectivity index (χ2n) is 5.72. The zero-order valence-electron chi connectivity index (χ0n) is 12.0. The van der Waals surface area contributed by atoms with Crippen molar-refractivity contribution in [3.8, 4) is 0 Å². The van der Waals surface area contributed by atoms with Crippen LogP contribution in [-0.4, -0.2) is 54.3 Å². The van der Waals surface area contributed by atoms with E-state index in [-0.39, 0.29) is 12.1 Å². The Hall–Kier alpha value is -1.46. The summed E-state index contributed by atoms with van der Waals surface area (Å²) in [6, 6.07) is 8.13. The highest BCUT2D eigenvalue weighted by molar-refractivity contribution is 6.30. The molecular formula is C15H21ClN4O. The van der Waals surface area contributed by atoms with Gasteiger partial charge in [-0.25, -0.2) is 4.99 Å². The van der Waals surface area contributed by atoms with Crippen molar-refractivity contribution in [2.24, 2.45) is 10.7 Å². The van der Waals surface area contributed by atoms with Crippen LogP contribution in [0.15, 0.2) is 29.3 Å². The summed E-state index contributed by atoms with van der Waals surface area (Å²) >= 11 is 5.92. The SMILES string of the molecule is NC(=NC1CC(O)C1)N1CCN(c2ccc(Cl)cc2)CC1. The van der Waals surface area contributed by atoms with Gasteiger partial charge in [-0.1, -0.05) is 11.6 Å². The first-order valence-electron chi connectivity index (χ1n) is 7.38. The smallest absolute Gasteiger partial charge is 0.191 e. The lowest BCUT2D eigenvalue weighted by Crippen LogP contribution is -2.52. The molecule has 1 saturated carbocycles. The van der Waals surface area contributed by atoms with Crippen LogP contribution in [0.25, 0.3) is 0 Å². The lowest BCUT2D eigenvalue weighted by atomic mass is 9.90. The van der Waals surface area contributed by atoms with Crippen molar-refractivity contribution < 1.29 is 5.11 Å². The molecule has 0 spiro atoms. The highest BCUT2D eigenvalue weighted by Crippen LogP contribution is 2.23. The normalized spacial score (nSPS) is 26.7. The molecule has 2 aliphatic rings. The van der Waals surface area contributed by atoms with Gasteiger partial charge in [-0.15, -0.1) is 0 Å². The molecule has 0 bridgehead atoms. The van der Waals surface area contributed by atoms with Crippen LogP contribution in [0.3, 0.4) is 0 Å². The molecule has 1 heterocycles. The van der Waals surface area contributed by atoms with E-state index < -0.39 is 0 Å². The van der Waals surface area contributed by atoms with Crippen LogP contribution in [0.2, 0.25) is 5.02 Å². The van der Waals surface area contributed by atoms with E-state index >= 15 is 0 Å². The Morgan fingerprint density at radius 1 is 1.14 bits per heavy atom. The van der Waals surface area contributed by atoms with E-state index in [1.54, 1.807) is 0 Å². The van der Waals surface area contributed by atoms with Crippen LogP contribution in [0.1, 0.15) is 12.8 Å². The average molecular weight is 309 g/mol. The Balaban J connectivity index is 1.54. The van der Waals surface area contributed by atoms with Crippen LogP contribution < -0.4 is 10.6 Å². The summed E-state index contributed by atoms with van der Waals surface area (Å²) in [7, 11) is 0. The molecule has 3 rings (SSSR count). The zero-order valence-corrected chi connectivity index (χ0v) is 12.7. The van der Waals surface area contributed by atoms with Crippen LogP contribution in [0, 0.1) is 0 Å². The molecular weight excluding hydrogens is 288 g/mol. The summed E-state index contributed by atoms with van der Waals surface area (Å²) in [5, 5.41) is 10.0. The fourth-order valence-corrected chi connectivity index (χ4v) is 2.90. The van der Waals surface area contributed by atoms with Crippen molar-refractivity contribution in [1.29, 1.82) is 0 Å². The number of nitrogens with zero attached hydrogens (tertiary/aromatic N) is 3. The van der Waals surface area contributed by atoms with Gasteiger partial charge in [0.1, 0.15) is 0 Å². The molecule has 0 aromatic heterocycles. The minimum Gasteiger partial charge on any atom is -0.393 e. The fraction of sp³-hybridized carbons (Fsp3) is 0.533. The monoisotopic (exact) mass is 308 g/mol. The molecule has 114 valence electrons. The Bertz CT molecular complexity index is 505. The van der Waals surface area contributed by atoms with Gasteiger partial charge in [0.25, 0.3) is 0 Å². The highest BCUT2D eigenvalue weighted by Gasteiger charge is 2.28. The second-order valence-corrected chi connectivity index (χ2v) is 6.15. The summed E-state index contributed by atoms with van der Waals surface area (Å²) in [5.74, 6) is 0.614. The first kappa shape index (κ1) is 14.5. The largest absolute Gasteiger partial charge is 0.393 e. The molecule has 0 amide bonds. The molecule has 0 unspecified atom stereocenters. The molecule has 0 radical (unpaired) electrons. The summed E-state index contributed by atoms with van der Waals surface area (Å²) < 4.78 is 0. The molecule has 1 aliphatic carbocycles. The number of nitrogens with two attached hydrogens (primary N) is 1. The van der Waals surface area contributed by atoms with Crippen molar-refractivity contribution in [3.63, 3.8) is 0 Å². The number of halogens is 1. The topological polar surface area (TPSA) is 65.1 Å². The van der Waals surface area contributed by atoms with Crippen molar-refractivity contribution in [2.75, 3.05) is 31.1 Å². The molecule has 2 fully saturated rings. The molecule has 0 atom stereocenters. The molecule has 1 aromatic rings. The van der Waals surface area contributed by atoms with Gasteiger partial charge < -0.3 is 20.6 Å². The summed E-state index contributed by atoms with van der Waals surface area (Å²) in [6.07, 6.45) is 1.30. The first-order chi connectivity index (χ1) is 10.1.